The highest BCUT2D eigenvalue weighted by Crippen LogP contribution is 2.30. The predicted molar refractivity (Wildman–Crippen MR) is 84.0 cm³/mol. The van der Waals surface area contributed by atoms with E-state index in [1.165, 1.54) is 30.0 Å². The molecule has 0 bridgehead atoms. The van der Waals surface area contributed by atoms with E-state index in [2.05, 4.69) is 5.32 Å². The first-order valence-electron chi connectivity index (χ1n) is 6.69. The molecule has 0 atom stereocenters. The molecule has 22 heavy (non-hydrogen) atoms. The summed E-state index contributed by atoms with van der Waals surface area (Å²) in [7, 11) is 5.30. The first-order chi connectivity index (χ1) is 10.2. The number of anilines is 2. The van der Waals surface area contributed by atoms with E-state index in [9.17, 15) is 19.7 Å². The molecule has 1 rings (SSSR count). The number of carbonyl (C=O) groups excluding carboxylic acids is 2. The lowest BCUT2D eigenvalue weighted by Crippen LogP contribution is -2.30. The van der Waals surface area contributed by atoms with Crippen molar-refractivity contribution in [1.82, 2.24) is 4.90 Å². The fourth-order valence-electron chi connectivity index (χ4n) is 1.84. The fraction of sp³-hybridized carbons (Fsp3) is 0.429. The summed E-state index contributed by atoms with van der Waals surface area (Å²) in [6.07, 6.45) is 0.306. The van der Waals surface area contributed by atoms with Gasteiger partial charge in [-0.3, -0.25) is 19.7 Å². The van der Waals surface area contributed by atoms with Crippen LogP contribution in [0.25, 0.3) is 0 Å². The van der Waals surface area contributed by atoms with E-state index < -0.39 is 4.92 Å². The Bertz CT molecular complexity index is 586. The number of benzene rings is 1. The zero-order valence-corrected chi connectivity index (χ0v) is 13.1. The molecule has 0 spiro atoms. The van der Waals surface area contributed by atoms with E-state index in [4.69, 9.17) is 0 Å². The monoisotopic (exact) mass is 308 g/mol. The molecular formula is C14H20N4O4. The van der Waals surface area contributed by atoms with Gasteiger partial charge >= 0.3 is 0 Å². The van der Waals surface area contributed by atoms with Crippen LogP contribution in [0, 0.1) is 10.1 Å². The molecule has 8 heteroatoms. The van der Waals surface area contributed by atoms with Gasteiger partial charge in [-0.05, 0) is 20.2 Å². The number of hydrogen-bond donors (Lipinski definition) is 1. The van der Waals surface area contributed by atoms with Crippen LogP contribution in [0.2, 0.25) is 0 Å². The lowest BCUT2D eigenvalue weighted by atomic mass is 10.2. The Morgan fingerprint density at radius 1 is 1.27 bits per heavy atom. The van der Waals surface area contributed by atoms with Crippen LogP contribution in [-0.2, 0) is 9.59 Å². The van der Waals surface area contributed by atoms with Crippen molar-refractivity contribution in [3.63, 3.8) is 0 Å². The molecule has 0 unspecified atom stereocenters. The highest BCUT2D eigenvalue weighted by atomic mass is 16.6. The first-order valence-corrected chi connectivity index (χ1v) is 6.69. The molecule has 2 amide bonds. The standard InChI is InChI=1S/C14H20N4O4/c1-10(19)15-12-9-11(18(21)22)5-6-13(12)17(4)14(20)7-8-16(2)3/h5-6,9H,7-8H2,1-4H3,(H,15,19). The summed E-state index contributed by atoms with van der Waals surface area (Å²) in [4.78, 5) is 37.0. The summed E-state index contributed by atoms with van der Waals surface area (Å²) in [5.74, 6) is -0.509. The van der Waals surface area contributed by atoms with Gasteiger partial charge in [-0.15, -0.1) is 0 Å². The lowest BCUT2D eigenvalue weighted by molar-refractivity contribution is -0.384. The smallest absolute Gasteiger partial charge is 0.271 e. The van der Waals surface area contributed by atoms with Crippen LogP contribution in [0.4, 0.5) is 17.1 Å². The van der Waals surface area contributed by atoms with Gasteiger partial charge in [0.1, 0.15) is 0 Å². The van der Waals surface area contributed by atoms with E-state index in [-0.39, 0.29) is 23.2 Å². The van der Waals surface area contributed by atoms with Crippen molar-refractivity contribution in [3.05, 3.63) is 28.3 Å². The van der Waals surface area contributed by atoms with Crippen LogP contribution in [0.5, 0.6) is 0 Å². The molecule has 120 valence electrons. The molecule has 1 aromatic rings. The Labute approximate surface area is 128 Å². The third kappa shape index (κ3) is 4.81. The number of nitrogens with zero attached hydrogens (tertiary/aromatic N) is 3. The Morgan fingerprint density at radius 3 is 2.41 bits per heavy atom. The van der Waals surface area contributed by atoms with Gasteiger partial charge < -0.3 is 15.1 Å². The number of rotatable bonds is 6. The number of hydrogen-bond acceptors (Lipinski definition) is 5. The van der Waals surface area contributed by atoms with Crippen LogP contribution < -0.4 is 10.2 Å². The summed E-state index contributed by atoms with van der Waals surface area (Å²) in [6.45, 7) is 1.89. The number of nitro benzene ring substituents is 1. The van der Waals surface area contributed by atoms with Crippen LogP contribution in [0.1, 0.15) is 13.3 Å². The first kappa shape index (κ1) is 17.6. The van der Waals surface area contributed by atoms with E-state index in [0.29, 0.717) is 18.7 Å². The molecule has 0 heterocycles. The van der Waals surface area contributed by atoms with Crippen molar-refractivity contribution in [2.75, 3.05) is 37.9 Å². The normalized spacial score (nSPS) is 10.4. The minimum absolute atomic E-state index is 0.144. The Kier molecular flexibility index (Phi) is 6.00. The molecular weight excluding hydrogens is 288 g/mol. The minimum Gasteiger partial charge on any atom is -0.324 e. The highest BCUT2D eigenvalue weighted by molar-refractivity contribution is 6.00. The number of carbonyl (C=O) groups is 2. The molecule has 0 saturated heterocycles. The maximum Gasteiger partial charge on any atom is 0.271 e. The zero-order valence-electron chi connectivity index (χ0n) is 13.1. The second kappa shape index (κ2) is 7.51. The fourth-order valence-corrected chi connectivity index (χ4v) is 1.84. The van der Waals surface area contributed by atoms with E-state index in [1.807, 2.05) is 19.0 Å². The molecule has 8 nitrogen and oxygen atoms in total. The van der Waals surface area contributed by atoms with Gasteiger partial charge in [0.2, 0.25) is 11.8 Å². The molecule has 0 aliphatic rings. The molecule has 0 saturated carbocycles. The predicted octanol–water partition coefficient (Wildman–Crippen LogP) is 1.47. The third-order valence-corrected chi connectivity index (χ3v) is 3.01. The maximum absolute atomic E-state index is 12.2. The van der Waals surface area contributed by atoms with Gasteiger partial charge in [0.05, 0.1) is 16.3 Å². The zero-order chi connectivity index (χ0) is 16.9. The van der Waals surface area contributed by atoms with Crippen molar-refractivity contribution in [2.45, 2.75) is 13.3 Å². The topological polar surface area (TPSA) is 95.8 Å². The SMILES string of the molecule is CC(=O)Nc1cc([N+](=O)[O-])ccc1N(C)C(=O)CCN(C)C. The summed E-state index contributed by atoms with van der Waals surface area (Å²) < 4.78 is 0. The second-order valence-corrected chi connectivity index (χ2v) is 5.15. The number of amides is 2. The Hall–Kier alpha value is -2.48. The largest absolute Gasteiger partial charge is 0.324 e. The van der Waals surface area contributed by atoms with Gasteiger partial charge in [-0.25, -0.2) is 0 Å². The molecule has 0 radical (unpaired) electrons. The van der Waals surface area contributed by atoms with Gasteiger partial charge in [0, 0.05) is 39.1 Å². The molecule has 0 aliphatic carbocycles. The van der Waals surface area contributed by atoms with Crippen molar-refractivity contribution in [1.29, 1.82) is 0 Å². The van der Waals surface area contributed by atoms with Crippen LogP contribution >= 0.6 is 0 Å². The van der Waals surface area contributed by atoms with Crippen molar-refractivity contribution < 1.29 is 14.5 Å². The van der Waals surface area contributed by atoms with Crippen LogP contribution in [0.15, 0.2) is 18.2 Å². The summed E-state index contributed by atoms with van der Waals surface area (Å²) in [5.41, 5.74) is 0.508. The summed E-state index contributed by atoms with van der Waals surface area (Å²) >= 11 is 0. The summed E-state index contributed by atoms with van der Waals surface area (Å²) in [5, 5.41) is 13.4. The second-order valence-electron chi connectivity index (χ2n) is 5.15. The van der Waals surface area contributed by atoms with Gasteiger partial charge in [-0.2, -0.15) is 0 Å². The van der Waals surface area contributed by atoms with Crippen LogP contribution in [-0.4, -0.2) is 49.3 Å². The molecule has 1 aromatic carbocycles. The molecule has 1 N–H and O–H groups in total. The average Bonchev–Trinajstić information content (AvgIpc) is 2.43. The van der Waals surface area contributed by atoms with E-state index >= 15 is 0 Å². The van der Waals surface area contributed by atoms with Crippen molar-refractivity contribution in [3.8, 4) is 0 Å². The van der Waals surface area contributed by atoms with E-state index in [0.717, 1.165) is 0 Å². The lowest BCUT2D eigenvalue weighted by Gasteiger charge is -2.21. The minimum atomic E-state index is -0.553. The number of non-ortho nitro benzene ring substituents is 1. The van der Waals surface area contributed by atoms with Crippen LogP contribution in [0.3, 0.4) is 0 Å². The Balaban J connectivity index is 3.07. The van der Waals surface area contributed by atoms with E-state index in [1.54, 1.807) is 7.05 Å². The van der Waals surface area contributed by atoms with Crippen molar-refractivity contribution in [2.24, 2.45) is 0 Å². The maximum atomic E-state index is 12.2. The Morgan fingerprint density at radius 2 is 1.91 bits per heavy atom. The highest BCUT2D eigenvalue weighted by Gasteiger charge is 2.18. The van der Waals surface area contributed by atoms with Gasteiger partial charge in [0.25, 0.3) is 5.69 Å². The molecule has 0 fully saturated rings. The molecule has 0 aromatic heterocycles. The van der Waals surface area contributed by atoms with Crippen molar-refractivity contribution >= 4 is 28.9 Å². The average molecular weight is 308 g/mol. The molecule has 0 aliphatic heterocycles. The number of nitro groups is 1. The van der Waals surface area contributed by atoms with Gasteiger partial charge in [-0.1, -0.05) is 0 Å². The quantitative estimate of drug-likeness (QED) is 0.634. The summed E-state index contributed by atoms with van der Waals surface area (Å²) in [6, 6.07) is 4.00. The van der Waals surface area contributed by atoms with Gasteiger partial charge in [0.15, 0.2) is 0 Å². The third-order valence-electron chi connectivity index (χ3n) is 3.01. The number of nitrogens with one attached hydrogen (secondary N) is 1.